The average Bonchev–Trinajstić information content (AvgIpc) is 2.42. The van der Waals surface area contributed by atoms with Gasteiger partial charge in [-0.3, -0.25) is 4.79 Å². The zero-order valence-corrected chi connectivity index (χ0v) is 10.5. The summed E-state index contributed by atoms with van der Waals surface area (Å²) in [6.07, 6.45) is 0.769. The Bertz CT molecular complexity index is 611. The van der Waals surface area contributed by atoms with Crippen molar-refractivity contribution in [3.8, 4) is 5.75 Å². The molecule has 19 heavy (non-hydrogen) atoms. The minimum Gasteiger partial charge on any atom is -0.507 e. The van der Waals surface area contributed by atoms with E-state index in [0.29, 0.717) is 5.69 Å². The monoisotopic (exact) mass is 259 g/mol. The Labute approximate surface area is 110 Å². The van der Waals surface area contributed by atoms with Gasteiger partial charge in [0, 0.05) is 5.69 Å². The molecule has 2 aromatic rings. The highest BCUT2D eigenvalue weighted by Crippen LogP contribution is 2.21. The molecule has 98 valence electrons. The molecule has 0 atom stereocenters. The van der Waals surface area contributed by atoms with Crippen LogP contribution in [0.3, 0.4) is 0 Å². The average molecular weight is 259 g/mol. The summed E-state index contributed by atoms with van der Waals surface area (Å²) in [5.41, 5.74) is 1.57. The standard InChI is InChI=1S/C15H14FNO2/c1-2-10-5-3-4-6-13(10)17-15(19)12-9-11(16)7-8-14(12)18/h3-9,18H,2H2,1H3,(H,17,19). The minimum atomic E-state index is -0.563. The van der Waals surface area contributed by atoms with Crippen molar-refractivity contribution in [1.82, 2.24) is 0 Å². The number of hydrogen-bond acceptors (Lipinski definition) is 2. The fourth-order valence-corrected chi connectivity index (χ4v) is 1.83. The molecule has 4 heteroatoms. The van der Waals surface area contributed by atoms with Gasteiger partial charge in [-0.25, -0.2) is 4.39 Å². The number of rotatable bonds is 3. The summed E-state index contributed by atoms with van der Waals surface area (Å²) in [4.78, 5) is 12.0. The van der Waals surface area contributed by atoms with E-state index < -0.39 is 11.7 Å². The van der Waals surface area contributed by atoms with Crippen molar-refractivity contribution < 1.29 is 14.3 Å². The van der Waals surface area contributed by atoms with Crippen LogP contribution in [0.2, 0.25) is 0 Å². The maximum absolute atomic E-state index is 13.1. The highest BCUT2D eigenvalue weighted by Gasteiger charge is 2.13. The van der Waals surface area contributed by atoms with Gasteiger partial charge in [0.2, 0.25) is 0 Å². The van der Waals surface area contributed by atoms with Crippen LogP contribution >= 0.6 is 0 Å². The van der Waals surface area contributed by atoms with E-state index in [1.54, 1.807) is 12.1 Å². The Morgan fingerprint density at radius 2 is 2.00 bits per heavy atom. The van der Waals surface area contributed by atoms with Crippen molar-refractivity contribution in [2.45, 2.75) is 13.3 Å². The van der Waals surface area contributed by atoms with Gasteiger partial charge in [-0.15, -0.1) is 0 Å². The van der Waals surface area contributed by atoms with Crippen LogP contribution in [0.1, 0.15) is 22.8 Å². The van der Waals surface area contributed by atoms with E-state index in [1.807, 2.05) is 19.1 Å². The molecule has 0 aliphatic heterocycles. The first kappa shape index (κ1) is 13.1. The SMILES string of the molecule is CCc1ccccc1NC(=O)c1cc(F)ccc1O. The van der Waals surface area contributed by atoms with Crippen LogP contribution in [0.5, 0.6) is 5.75 Å². The van der Waals surface area contributed by atoms with E-state index in [4.69, 9.17) is 0 Å². The summed E-state index contributed by atoms with van der Waals surface area (Å²) >= 11 is 0. The van der Waals surface area contributed by atoms with E-state index in [1.165, 1.54) is 0 Å². The van der Waals surface area contributed by atoms with Gasteiger partial charge in [-0.05, 0) is 36.2 Å². The number of hydrogen-bond donors (Lipinski definition) is 2. The van der Waals surface area contributed by atoms with Crippen LogP contribution in [-0.2, 0) is 6.42 Å². The number of aromatic hydroxyl groups is 1. The Morgan fingerprint density at radius 1 is 1.26 bits per heavy atom. The van der Waals surface area contributed by atoms with Crippen LogP contribution in [-0.4, -0.2) is 11.0 Å². The first-order valence-corrected chi connectivity index (χ1v) is 5.99. The highest BCUT2D eigenvalue weighted by atomic mass is 19.1. The largest absolute Gasteiger partial charge is 0.507 e. The van der Waals surface area contributed by atoms with Gasteiger partial charge >= 0.3 is 0 Å². The van der Waals surface area contributed by atoms with Crippen LogP contribution < -0.4 is 5.32 Å². The fourth-order valence-electron chi connectivity index (χ4n) is 1.83. The summed E-state index contributed by atoms with van der Waals surface area (Å²) < 4.78 is 13.1. The molecule has 0 radical (unpaired) electrons. The molecule has 2 rings (SSSR count). The van der Waals surface area contributed by atoms with Crippen molar-refractivity contribution in [2.24, 2.45) is 0 Å². The van der Waals surface area contributed by atoms with Gasteiger partial charge in [0.1, 0.15) is 11.6 Å². The lowest BCUT2D eigenvalue weighted by Crippen LogP contribution is -2.13. The summed E-state index contributed by atoms with van der Waals surface area (Å²) in [5.74, 6) is -1.34. The number of carbonyl (C=O) groups excluding carboxylic acids is 1. The minimum absolute atomic E-state index is 0.0779. The molecule has 0 fully saturated rings. The number of aryl methyl sites for hydroxylation is 1. The topological polar surface area (TPSA) is 49.3 Å². The van der Waals surface area contributed by atoms with E-state index in [9.17, 15) is 14.3 Å². The number of para-hydroxylation sites is 1. The van der Waals surface area contributed by atoms with Crippen LogP contribution in [0.4, 0.5) is 10.1 Å². The molecule has 3 nitrogen and oxygen atoms in total. The Hall–Kier alpha value is -2.36. The van der Waals surface area contributed by atoms with Gasteiger partial charge in [0.05, 0.1) is 5.56 Å². The summed E-state index contributed by atoms with van der Waals surface area (Å²) in [6, 6.07) is 10.6. The zero-order chi connectivity index (χ0) is 13.8. The lowest BCUT2D eigenvalue weighted by molar-refractivity contribution is 0.102. The first-order valence-electron chi connectivity index (χ1n) is 5.99. The second-order valence-corrected chi connectivity index (χ2v) is 4.13. The molecule has 2 N–H and O–H groups in total. The Balaban J connectivity index is 2.28. The molecule has 0 aliphatic carbocycles. The summed E-state index contributed by atoms with van der Waals surface area (Å²) in [7, 11) is 0. The molecule has 0 saturated heterocycles. The number of amides is 1. The third-order valence-electron chi connectivity index (χ3n) is 2.85. The van der Waals surface area contributed by atoms with E-state index in [2.05, 4.69) is 5.32 Å². The smallest absolute Gasteiger partial charge is 0.259 e. The first-order chi connectivity index (χ1) is 9.11. The molecular weight excluding hydrogens is 245 g/mol. The van der Waals surface area contributed by atoms with Crippen molar-refractivity contribution >= 4 is 11.6 Å². The molecule has 0 heterocycles. The number of halogens is 1. The van der Waals surface area contributed by atoms with Crippen molar-refractivity contribution in [3.63, 3.8) is 0 Å². The second-order valence-electron chi connectivity index (χ2n) is 4.13. The predicted octanol–water partition coefficient (Wildman–Crippen LogP) is 3.35. The fraction of sp³-hybridized carbons (Fsp3) is 0.133. The number of phenols is 1. The Morgan fingerprint density at radius 3 is 2.74 bits per heavy atom. The molecule has 2 aromatic carbocycles. The number of nitrogens with one attached hydrogen (secondary N) is 1. The Kier molecular flexibility index (Phi) is 3.80. The molecule has 1 amide bonds. The number of carbonyl (C=O) groups is 1. The maximum atomic E-state index is 13.1. The van der Waals surface area contributed by atoms with Gasteiger partial charge in [-0.1, -0.05) is 25.1 Å². The number of phenolic OH excluding ortho intramolecular Hbond substituents is 1. The summed E-state index contributed by atoms with van der Waals surface area (Å²) in [5, 5.41) is 12.3. The third-order valence-corrected chi connectivity index (χ3v) is 2.85. The summed E-state index contributed by atoms with van der Waals surface area (Å²) in [6.45, 7) is 1.98. The van der Waals surface area contributed by atoms with E-state index in [-0.39, 0.29) is 11.3 Å². The molecule has 0 aliphatic rings. The van der Waals surface area contributed by atoms with Gasteiger partial charge in [-0.2, -0.15) is 0 Å². The lowest BCUT2D eigenvalue weighted by Gasteiger charge is -2.10. The van der Waals surface area contributed by atoms with Crippen LogP contribution in [0.15, 0.2) is 42.5 Å². The maximum Gasteiger partial charge on any atom is 0.259 e. The quantitative estimate of drug-likeness (QED) is 0.888. The zero-order valence-electron chi connectivity index (χ0n) is 10.5. The van der Waals surface area contributed by atoms with Gasteiger partial charge < -0.3 is 10.4 Å². The van der Waals surface area contributed by atoms with Crippen LogP contribution in [0.25, 0.3) is 0 Å². The highest BCUT2D eigenvalue weighted by molar-refractivity contribution is 6.06. The van der Waals surface area contributed by atoms with Gasteiger partial charge in [0.15, 0.2) is 0 Å². The van der Waals surface area contributed by atoms with Crippen molar-refractivity contribution in [3.05, 3.63) is 59.4 Å². The number of benzene rings is 2. The van der Waals surface area contributed by atoms with Crippen molar-refractivity contribution in [2.75, 3.05) is 5.32 Å². The van der Waals surface area contributed by atoms with Crippen LogP contribution in [0, 0.1) is 5.82 Å². The second kappa shape index (κ2) is 5.52. The lowest BCUT2D eigenvalue weighted by atomic mass is 10.1. The molecule has 0 unspecified atom stereocenters. The predicted molar refractivity (Wildman–Crippen MR) is 71.8 cm³/mol. The molecule has 0 saturated carbocycles. The van der Waals surface area contributed by atoms with E-state index in [0.717, 1.165) is 30.2 Å². The van der Waals surface area contributed by atoms with E-state index >= 15 is 0 Å². The normalized spacial score (nSPS) is 10.2. The number of anilines is 1. The molecular formula is C15H14FNO2. The van der Waals surface area contributed by atoms with Crippen molar-refractivity contribution in [1.29, 1.82) is 0 Å². The molecule has 0 aromatic heterocycles. The van der Waals surface area contributed by atoms with Gasteiger partial charge in [0.25, 0.3) is 5.91 Å². The molecule has 0 spiro atoms. The molecule has 0 bridgehead atoms. The third kappa shape index (κ3) is 2.91.